The fourth-order valence-corrected chi connectivity index (χ4v) is 2.19. The van der Waals surface area contributed by atoms with Crippen molar-refractivity contribution in [1.29, 1.82) is 0 Å². The fourth-order valence-electron chi connectivity index (χ4n) is 2.19. The number of furan rings is 1. The Morgan fingerprint density at radius 3 is 2.48 bits per heavy atom. The second-order valence-corrected chi connectivity index (χ2v) is 5.33. The third-order valence-electron chi connectivity index (χ3n) is 3.52. The Kier molecular flexibility index (Phi) is 5.11. The van der Waals surface area contributed by atoms with Crippen molar-refractivity contribution in [2.45, 2.75) is 6.10 Å². The summed E-state index contributed by atoms with van der Waals surface area (Å²) in [7, 11) is 0. The average molecular weight is 341 g/mol. The zero-order chi connectivity index (χ0) is 17.6. The second kappa shape index (κ2) is 7.63. The summed E-state index contributed by atoms with van der Waals surface area (Å²) in [4.78, 5) is 11.9. The standard InChI is InChI=1S/C19H16FNO4/c20-14-5-3-13(4-6-14)17(22)12-25-16-9-7-15(8-10-16)21-19(23)18-2-1-11-24-18/h1-11,17,22H,12H2,(H,21,23)/t17-/m1/s1. The van der Waals surface area contributed by atoms with Crippen LogP contribution in [0.3, 0.4) is 0 Å². The first-order chi connectivity index (χ1) is 12.1. The molecule has 1 heterocycles. The lowest BCUT2D eigenvalue weighted by Crippen LogP contribution is -2.11. The summed E-state index contributed by atoms with van der Waals surface area (Å²) in [5, 5.41) is 12.7. The molecule has 2 N–H and O–H groups in total. The first-order valence-electron chi connectivity index (χ1n) is 7.63. The third kappa shape index (κ3) is 4.45. The van der Waals surface area contributed by atoms with Crippen molar-refractivity contribution < 1.29 is 23.4 Å². The van der Waals surface area contributed by atoms with E-state index in [1.165, 1.54) is 30.5 Å². The molecule has 0 aliphatic heterocycles. The fraction of sp³-hybridized carbons (Fsp3) is 0.105. The molecule has 0 unspecified atom stereocenters. The molecule has 25 heavy (non-hydrogen) atoms. The number of carbonyl (C=O) groups excluding carboxylic acids is 1. The minimum Gasteiger partial charge on any atom is -0.491 e. The third-order valence-corrected chi connectivity index (χ3v) is 3.52. The molecule has 1 atom stereocenters. The molecular formula is C19H16FNO4. The largest absolute Gasteiger partial charge is 0.491 e. The molecule has 1 aromatic heterocycles. The van der Waals surface area contributed by atoms with Gasteiger partial charge in [0.15, 0.2) is 5.76 Å². The van der Waals surface area contributed by atoms with Crippen LogP contribution in [0.1, 0.15) is 22.2 Å². The van der Waals surface area contributed by atoms with Crippen LogP contribution in [0.25, 0.3) is 0 Å². The first-order valence-corrected chi connectivity index (χ1v) is 7.63. The highest BCUT2D eigenvalue weighted by Crippen LogP contribution is 2.19. The van der Waals surface area contributed by atoms with Gasteiger partial charge >= 0.3 is 0 Å². The SMILES string of the molecule is O=C(Nc1ccc(OC[C@@H](O)c2ccc(F)cc2)cc1)c1ccco1. The highest BCUT2D eigenvalue weighted by atomic mass is 19.1. The smallest absolute Gasteiger partial charge is 0.291 e. The highest BCUT2D eigenvalue weighted by molar-refractivity contribution is 6.02. The van der Waals surface area contributed by atoms with Crippen molar-refractivity contribution in [1.82, 2.24) is 0 Å². The Morgan fingerprint density at radius 1 is 1.12 bits per heavy atom. The number of halogens is 1. The van der Waals surface area contributed by atoms with E-state index in [1.807, 2.05) is 0 Å². The number of hydrogen-bond acceptors (Lipinski definition) is 4. The Hall–Kier alpha value is -3.12. The van der Waals surface area contributed by atoms with Crippen LogP contribution in [-0.2, 0) is 0 Å². The Morgan fingerprint density at radius 2 is 1.84 bits per heavy atom. The lowest BCUT2D eigenvalue weighted by molar-refractivity contribution is 0.0996. The number of nitrogens with one attached hydrogen (secondary N) is 1. The van der Waals surface area contributed by atoms with Crippen LogP contribution in [0.4, 0.5) is 10.1 Å². The summed E-state index contributed by atoms with van der Waals surface area (Å²) in [6.07, 6.45) is 0.567. The van der Waals surface area contributed by atoms with Gasteiger partial charge in [0.25, 0.3) is 5.91 Å². The Labute approximate surface area is 143 Å². The predicted molar refractivity (Wildman–Crippen MR) is 90.0 cm³/mol. The van der Waals surface area contributed by atoms with Crippen molar-refractivity contribution in [2.24, 2.45) is 0 Å². The van der Waals surface area contributed by atoms with Crippen LogP contribution in [0.2, 0.25) is 0 Å². The number of ether oxygens (including phenoxy) is 1. The van der Waals surface area contributed by atoms with Gasteiger partial charge in [-0.05, 0) is 54.1 Å². The van der Waals surface area contributed by atoms with Gasteiger partial charge in [-0.1, -0.05) is 12.1 Å². The normalized spacial score (nSPS) is 11.8. The summed E-state index contributed by atoms with van der Waals surface area (Å²) in [5.41, 5.74) is 1.16. The number of rotatable bonds is 6. The summed E-state index contributed by atoms with van der Waals surface area (Å²) in [6, 6.07) is 15.5. The van der Waals surface area contributed by atoms with E-state index in [1.54, 1.807) is 36.4 Å². The molecule has 0 saturated heterocycles. The van der Waals surface area contributed by atoms with E-state index in [0.717, 1.165) is 0 Å². The molecule has 0 spiro atoms. The van der Waals surface area contributed by atoms with Gasteiger partial charge in [-0.2, -0.15) is 0 Å². The molecule has 2 aromatic carbocycles. The number of anilines is 1. The maximum absolute atomic E-state index is 12.9. The van der Waals surface area contributed by atoms with E-state index in [9.17, 15) is 14.3 Å². The van der Waals surface area contributed by atoms with Crippen molar-refractivity contribution >= 4 is 11.6 Å². The molecular weight excluding hydrogens is 325 g/mol. The molecule has 5 nitrogen and oxygen atoms in total. The van der Waals surface area contributed by atoms with Gasteiger partial charge in [0.1, 0.15) is 24.3 Å². The summed E-state index contributed by atoms with van der Waals surface area (Å²) < 4.78 is 23.4. The van der Waals surface area contributed by atoms with Gasteiger partial charge in [0, 0.05) is 5.69 Å². The van der Waals surface area contributed by atoms with Crippen LogP contribution in [0.5, 0.6) is 5.75 Å². The van der Waals surface area contributed by atoms with Gasteiger partial charge in [-0.25, -0.2) is 4.39 Å². The monoisotopic (exact) mass is 341 g/mol. The maximum Gasteiger partial charge on any atom is 0.291 e. The Bertz CT molecular complexity index is 814. The molecule has 1 amide bonds. The molecule has 6 heteroatoms. The van der Waals surface area contributed by atoms with E-state index in [-0.39, 0.29) is 24.1 Å². The summed E-state index contributed by atoms with van der Waals surface area (Å²) in [6.45, 7) is 0.0315. The molecule has 0 saturated carbocycles. The minimum absolute atomic E-state index is 0.0315. The van der Waals surface area contributed by atoms with E-state index in [0.29, 0.717) is 17.0 Å². The molecule has 3 aromatic rings. The number of benzene rings is 2. The predicted octanol–water partition coefficient (Wildman–Crippen LogP) is 3.78. The van der Waals surface area contributed by atoms with Crippen molar-refractivity contribution in [3.8, 4) is 5.75 Å². The molecule has 0 fully saturated rings. The van der Waals surface area contributed by atoms with E-state index in [4.69, 9.17) is 9.15 Å². The lowest BCUT2D eigenvalue weighted by atomic mass is 10.1. The molecule has 0 aliphatic carbocycles. The number of carbonyl (C=O) groups is 1. The van der Waals surface area contributed by atoms with Crippen molar-refractivity contribution in [2.75, 3.05) is 11.9 Å². The van der Waals surface area contributed by atoms with Crippen LogP contribution in [-0.4, -0.2) is 17.6 Å². The van der Waals surface area contributed by atoms with Crippen LogP contribution < -0.4 is 10.1 Å². The van der Waals surface area contributed by atoms with Crippen molar-refractivity contribution in [3.05, 3.63) is 84.1 Å². The quantitative estimate of drug-likeness (QED) is 0.716. The summed E-state index contributed by atoms with van der Waals surface area (Å²) in [5.74, 6) is 0.0642. The van der Waals surface area contributed by atoms with Gasteiger partial charge in [-0.15, -0.1) is 0 Å². The van der Waals surface area contributed by atoms with E-state index in [2.05, 4.69) is 5.32 Å². The highest BCUT2D eigenvalue weighted by Gasteiger charge is 2.10. The molecule has 128 valence electrons. The second-order valence-electron chi connectivity index (χ2n) is 5.33. The summed E-state index contributed by atoms with van der Waals surface area (Å²) >= 11 is 0. The minimum atomic E-state index is -0.862. The van der Waals surface area contributed by atoms with Crippen LogP contribution >= 0.6 is 0 Å². The molecule has 0 bridgehead atoms. The lowest BCUT2D eigenvalue weighted by Gasteiger charge is -2.13. The topological polar surface area (TPSA) is 71.7 Å². The van der Waals surface area contributed by atoms with Gasteiger partial charge in [0.2, 0.25) is 0 Å². The molecule has 3 rings (SSSR count). The number of aliphatic hydroxyl groups excluding tert-OH is 1. The van der Waals surface area contributed by atoms with E-state index < -0.39 is 6.10 Å². The zero-order valence-corrected chi connectivity index (χ0v) is 13.2. The first kappa shape index (κ1) is 16.7. The number of hydrogen-bond donors (Lipinski definition) is 2. The molecule has 0 radical (unpaired) electrons. The van der Waals surface area contributed by atoms with Gasteiger partial charge < -0.3 is 19.6 Å². The average Bonchev–Trinajstić information content (AvgIpc) is 3.16. The van der Waals surface area contributed by atoms with E-state index >= 15 is 0 Å². The van der Waals surface area contributed by atoms with Gasteiger partial charge in [-0.3, -0.25) is 4.79 Å². The van der Waals surface area contributed by atoms with Crippen molar-refractivity contribution in [3.63, 3.8) is 0 Å². The van der Waals surface area contributed by atoms with Crippen LogP contribution in [0.15, 0.2) is 71.3 Å². The zero-order valence-electron chi connectivity index (χ0n) is 13.2. The van der Waals surface area contributed by atoms with Crippen LogP contribution in [0, 0.1) is 5.82 Å². The maximum atomic E-state index is 12.9. The molecule has 0 aliphatic rings. The van der Waals surface area contributed by atoms with Gasteiger partial charge in [0.05, 0.1) is 6.26 Å². The number of amides is 1. The Balaban J connectivity index is 1.54. The number of aliphatic hydroxyl groups is 1.